The van der Waals surface area contributed by atoms with Crippen LogP contribution in [0.25, 0.3) is 0 Å². The van der Waals surface area contributed by atoms with Gasteiger partial charge in [0.2, 0.25) is 10.0 Å². The quantitative estimate of drug-likeness (QED) is 0.888. The van der Waals surface area contributed by atoms with E-state index >= 15 is 0 Å². The molecule has 0 spiro atoms. The Labute approximate surface area is 131 Å². The highest BCUT2D eigenvalue weighted by atomic mass is 32.2. The zero-order valence-corrected chi connectivity index (χ0v) is 13.7. The Morgan fingerprint density at radius 2 is 1.68 bits per heavy atom. The zero-order valence-electron chi connectivity index (χ0n) is 12.9. The molecular formula is C16H20N2O3S. The summed E-state index contributed by atoms with van der Waals surface area (Å²) in [4.78, 5) is 4.16. The first-order chi connectivity index (χ1) is 10.3. The number of rotatable bonds is 6. The van der Waals surface area contributed by atoms with Crippen molar-refractivity contribution in [2.75, 3.05) is 6.61 Å². The van der Waals surface area contributed by atoms with Crippen molar-refractivity contribution in [3.63, 3.8) is 0 Å². The molecule has 0 fully saturated rings. The summed E-state index contributed by atoms with van der Waals surface area (Å²) in [6.07, 6.45) is 3.28. The van der Waals surface area contributed by atoms with Crippen molar-refractivity contribution in [1.82, 2.24) is 9.71 Å². The third kappa shape index (κ3) is 3.84. The summed E-state index contributed by atoms with van der Waals surface area (Å²) in [5.74, 6) is 0.648. The first-order valence-electron chi connectivity index (χ1n) is 7.02. The van der Waals surface area contributed by atoms with E-state index in [1.165, 1.54) is 12.1 Å². The van der Waals surface area contributed by atoms with Crippen LogP contribution in [-0.2, 0) is 15.6 Å². The third-order valence-electron chi connectivity index (χ3n) is 3.24. The molecule has 0 unspecified atom stereocenters. The lowest BCUT2D eigenvalue weighted by Gasteiger charge is -2.26. The van der Waals surface area contributed by atoms with Gasteiger partial charge in [0, 0.05) is 12.4 Å². The Hall–Kier alpha value is -1.92. The van der Waals surface area contributed by atoms with Crippen LogP contribution in [0.3, 0.4) is 0 Å². The van der Waals surface area contributed by atoms with Crippen LogP contribution in [-0.4, -0.2) is 20.0 Å². The molecule has 118 valence electrons. The lowest BCUT2D eigenvalue weighted by atomic mass is 9.97. The van der Waals surface area contributed by atoms with E-state index in [1.807, 2.05) is 20.8 Å². The van der Waals surface area contributed by atoms with Crippen molar-refractivity contribution >= 4 is 10.0 Å². The van der Waals surface area contributed by atoms with Crippen molar-refractivity contribution in [1.29, 1.82) is 0 Å². The molecule has 2 rings (SSSR count). The molecule has 22 heavy (non-hydrogen) atoms. The molecule has 0 aliphatic carbocycles. The number of benzene rings is 1. The van der Waals surface area contributed by atoms with Crippen LogP contribution < -0.4 is 9.46 Å². The molecule has 1 aromatic heterocycles. The van der Waals surface area contributed by atoms with E-state index in [9.17, 15) is 8.42 Å². The van der Waals surface area contributed by atoms with Gasteiger partial charge < -0.3 is 4.74 Å². The number of hydrogen-bond acceptors (Lipinski definition) is 4. The van der Waals surface area contributed by atoms with Gasteiger partial charge in [-0.3, -0.25) is 4.98 Å². The minimum atomic E-state index is -3.62. The maximum atomic E-state index is 12.5. The molecule has 1 heterocycles. The van der Waals surface area contributed by atoms with E-state index in [4.69, 9.17) is 4.74 Å². The maximum absolute atomic E-state index is 12.5. The van der Waals surface area contributed by atoms with Crippen molar-refractivity contribution in [2.24, 2.45) is 0 Å². The number of nitrogens with one attached hydrogen (secondary N) is 1. The summed E-state index contributed by atoms with van der Waals surface area (Å²) in [5.41, 5.74) is 0.109. The third-order valence-corrected chi connectivity index (χ3v) is 4.91. The van der Waals surface area contributed by atoms with Gasteiger partial charge in [-0.05, 0) is 62.7 Å². The predicted molar refractivity (Wildman–Crippen MR) is 85.2 cm³/mol. The molecule has 0 saturated carbocycles. The summed E-state index contributed by atoms with van der Waals surface area (Å²) >= 11 is 0. The van der Waals surface area contributed by atoms with Crippen molar-refractivity contribution in [2.45, 2.75) is 31.2 Å². The van der Waals surface area contributed by atoms with Crippen molar-refractivity contribution in [3.05, 3.63) is 54.4 Å². The average molecular weight is 320 g/mol. The minimum absolute atomic E-state index is 0.207. The molecular weight excluding hydrogens is 300 g/mol. The molecule has 0 aliphatic rings. The van der Waals surface area contributed by atoms with E-state index in [1.54, 1.807) is 36.7 Å². The fourth-order valence-electron chi connectivity index (χ4n) is 2.10. The Morgan fingerprint density at radius 3 is 2.23 bits per heavy atom. The average Bonchev–Trinajstić information content (AvgIpc) is 2.48. The Bertz CT molecular complexity index is 711. The van der Waals surface area contributed by atoms with Crippen LogP contribution in [0, 0.1) is 0 Å². The van der Waals surface area contributed by atoms with E-state index in [-0.39, 0.29) is 4.90 Å². The van der Waals surface area contributed by atoms with E-state index in [0.717, 1.165) is 5.56 Å². The highest BCUT2D eigenvalue weighted by Crippen LogP contribution is 2.23. The van der Waals surface area contributed by atoms with Gasteiger partial charge in [-0.15, -0.1) is 0 Å². The summed E-state index contributed by atoms with van der Waals surface area (Å²) in [7, 11) is -3.62. The topological polar surface area (TPSA) is 68.3 Å². The summed E-state index contributed by atoms with van der Waals surface area (Å²) in [6.45, 7) is 6.05. The number of hydrogen-bond donors (Lipinski definition) is 1. The lowest BCUT2D eigenvalue weighted by molar-refractivity contribution is 0.340. The Kier molecular flexibility index (Phi) is 4.83. The van der Waals surface area contributed by atoms with Gasteiger partial charge in [0.15, 0.2) is 0 Å². The fraction of sp³-hybridized carbons (Fsp3) is 0.312. The maximum Gasteiger partial charge on any atom is 0.241 e. The molecule has 0 amide bonds. The highest BCUT2D eigenvalue weighted by molar-refractivity contribution is 7.89. The second-order valence-electron chi connectivity index (χ2n) is 5.37. The van der Waals surface area contributed by atoms with Gasteiger partial charge in [0.25, 0.3) is 0 Å². The standard InChI is InChI=1S/C16H20N2O3S/c1-4-21-14-5-7-15(8-6-14)22(19,20)18-16(2,3)13-9-11-17-12-10-13/h5-12,18H,4H2,1-3H3. The van der Waals surface area contributed by atoms with E-state index in [2.05, 4.69) is 9.71 Å². The van der Waals surface area contributed by atoms with E-state index in [0.29, 0.717) is 12.4 Å². The first kappa shape index (κ1) is 16.5. The van der Waals surface area contributed by atoms with Crippen LogP contribution >= 0.6 is 0 Å². The molecule has 1 aromatic carbocycles. The van der Waals surface area contributed by atoms with Crippen LogP contribution in [0.15, 0.2) is 53.7 Å². The van der Waals surface area contributed by atoms with Gasteiger partial charge in [-0.2, -0.15) is 0 Å². The lowest BCUT2D eigenvalue weighted by Crippen LogP contribution is -2.40. The van der Waals surface area contributed by atoms with Crippen LogP contribution in [0.5, 0.6) is 5.75 Å². The number of aromatic nitrogens is 1. The van der Waals surface area contributed by atoms with Gasteiger partial charge in [0.1, 0.15) is 5.75 Å². The molecule has 0 bridgehead atoms. The number of ether oxygens (including phenoxy) is 1. The summed E-state index contributed by atoms with van der Waals surface area (Å²) in [6, 6.07) is 9.96. The fourth-order valence-corrected chi connectivity index (χ4v) is 3.51. The molecule has 2 aromatic rings. The SMILES string of the molecule is CCOc1ccc(S(=O)(=O)NC(C)(C)c2ccncc2)cc1. The number of sulfonamides is 1. The predicted octanol–water partition coefficient (Wildman–Crippen LogP) is 2.69. The second kappa shape index (κ2) is 6.46. The molecule has 0 aliphatic heterocycles. The van der Waals surface area contributed by atoms with E-state index < -0.39 is 15.6 Å². The second-order valence-corrected chi connectivity index (χ2v) is 7.05. The highest BCUT2D eigenvalue weighted by Gasteiger charge is 2.27. The summed E-state index contributed by atoms with van der Waals surface area (Å²) < 4.78 is 33.1. The number of nitrogens with zero attached hydrogens (tertiary/aromatic N) is 1. The molecule has 1 N–H and O–H groups in total. The largest absolute Gasteiger partial charge is 0.494 e. The molecule has 0 radical (unpaired) electrons. The van der Waals surface area contributed by atoms with Crippen molar-refractivity contribution < 1.29 is 13.2 Å². The van der Waals surface area contributed by atoms with Gasteiger partial charge >= 0.3 is 0 Å². The Morgan fingerprint density at radius 1 is 1.09 bits per heavy atom. The molecule has 5 nitrogen and oxygen atoms in total. The first-order valence-corrected chi connectivity index (χ1v) is 8.51. The van der Waals surface area contributed by atoms with Gasteiger partial charge in [-0.25, -0.2) is 13.1 Å². The molecule has 0 saturated heterocycles. The van der Waals surface area contributed by atoms with Gasteiger partial charge in [0.05, 0.1) is 17.0 Å². The van der Waals surface area contributed by atoms with Crippen LogP contribution in [0.2, 0.25) is 0 Å². The van der Waals surface area contributed by atoms with Gasteiger partial charge in [-0.1, -0.05) is 0 Å². The molecule has 0 atom stereocenters. The Balaban J connectivity index is 2.23. The summed E-state index contributed by atoms with van der Waals surface area (Å²) in [5, 5.41) is 0. The zero-order chi connectivity index (χ0) is 16.2. The smallest absolute Gasteiger partial charge is 0.241 e. The monoisotopic (exact) mass is 320 g/mol. The van der Waals surface area contributed by atoms with Crippen molar-refractivity contribution in [3.8, 4) is 5.75 Å². The number of pyridine rings is 1. The van der Waals surface area contributed by atoms with Crippen LogP contribution in [0.1, 0.15) is 26.3 Å². The normalized spacial score (nSPS) is 12.1. The minimum Gasteiger partial charge on any atom is -0.494 e. The molecule has 6 heteroatoms. The van der Waals surface area contributed by atoms with Crippen LogP contribution in [0.4, 0.5) is 0 Å².